The van der Waals surface area contributed by atoms with Gasteiger partial charge in [-0.25, -0.2) is 17.8 Å². The topological polar surface area (TPSA) is 114 Å². The van der Waals surface area contributed by atoms with Gasteiger partial charge in [0.1, 0.15) is 23.1 Å². The third-order valence-electron chi connectivity index (χ3n) is 7.06. The smallest absolute Gasteiger partial charge is 0.202 e. The number of aromatic amines is 1. The van der Waals surface area contributed by atoms with Crippen LogP contribution in [-0.2, 0) is 14.6 Å². The quantitative estimate of drug-likeness (QED) is 0.312. The number of rotatable bonds is 12. The Morgan fingerprint density at radius 1 is 1.12 bits per heavy atom. The summed E-state index contributed by atoms with van der Waals surface area (Å²) in [6.45, 7) is 6.45. The molecule has 0 amide bonds. The van der Waals surface area contributed by atoms with Crippen molar-refractivity contribution in [2.75, 3.05) is 37.0 Å². The molecule has 1 aliphatic heterocycles. The minimum Gasteiger partial charge on any atom is -0.493 e. The minimum atomic E-state index is -3.92. The average molecular weight is 571 g/mol. The first kappa shape index (κ1) is 28.2. The zero-order valence-corrected chi connectivity index (χ0v) is 23.6. The second-order valence-electron chi connectivity index (χ2n) is 11.0. The number of ketones is 1. The van der Waals surface area contributed by atoms with E-state index in [0.29, 0.717) is 48.4 Å². The van der Waals surface area contributed by atoms with Gasteiger partial charge in [-0.1, -0.05) is 13.8 Å². The van der Waals surface area contributed by atoms with Gasteiger partial charge in [0.15, 0.2) is 10.8 Å². The predicted octanol–water partition coefficient (Wildman–Crippen LogP) is 4.70. The van der Waals surface area contributed by atoms with Crippen molar-refractivity contribution >= 4 is 21.4 Å². The van der Waals surface area contributed by atoms with E-state index in [1.165, 1.54) is 37.2 Å². The van der Waals surface area contributed by atoms with Gasteiger partial charge in [0.25, 0.3) is 0 Å². The first-order chi connectivity index (χ1) is 19.2. The number of anilines is 1. The molecule has 0 atom stereocenters. The van der Waals surface area contributed by atoms with E-state index in [-0.39, 0.29) is 22.6 Å². The number of halogens is 1. The van der Waals surface area contributed by atoms with E-state index >= 15 is 0 Å². The second kappa shape index (κ2) is 12.1. The van der Waals surface area contributed by atoms with Crippen molar-refractivity contribution in [3.8, 4) is 17.0 Å². The maximum atomic E-state index is 14.5. The van der Waals surface area contributed by atoms with Crippen LogP contribution in [0.3, 0.4) is 0 Å². The van der Waals surface area contributed by atoms with E-state index < -0.39 is 27.2 Å². The molecule has 3 heterocycles. The molecule has 0 bridgehead atoms. The molecule has 214 valence electrons. The average Bonchev–Trinajstić information content (AvgIpc) is 3.58. The first-order valence-corrected chi connectivity index (χ1v) is 15.4. The van der Waals surface area contributed by atoms with Crippen molar-refractivity contribution in [1.82, 2.24) is 15.2 Å². The van der Waals surface area contributed by atoms with E-state index in [1.54, 1.807) is 18.2 Å². The van der Waals surface area contributed by atoms with Gasteiger partial charge in [-0.05, 0) is 67.9 Å². The summed E-state index contributed by atoms with van der Waals surface area (Å²) in [7, 11) is -3.92. The third kappa shape index (κ3) is 7.06. The molecule has 1 aromatic carbocycles. The molecule has 1 aliphatic carbocycles. The highest BCUT2D eigenvalue weighted by atomic mass is 32.2. The zero-order valence-electron chi connectivity index (χ0n) is 22.8. The van der Waals surface area contributed by atoms with Crippen molar-refractivity contribution in [2.45, 2.75) is 50.7 Å². The maximum absolute atomic E-state index is 14.5. The Hall–Kier alpha value is -3.31. The van der Waals surface area contributed by atoms with Crippen molar-refractivity contribution < 1.29 is 27.1 Å². The number of H-pyrrole nitrogens is 1. The molecule has 3 aromatic rings. The van der Waals surface area contributed by atoms with Crippen molar-refractivity contribution in [2.24, 2.45) is 11.8 Å². The Morgan fingerprint density at radius 2 is 1.90 bits per heavy atom. The maximum Gasteiger partial charge on any atom is 0.202 e. The number of pyridine rings is 1. The number of aromatic nitrogens is 3. The highest BCUT2D eigenvalue weighted by Gasteiger charge is 2.29. The highest BCUT2D eigenvalue weighted by Crippen LogP contribution is 2.32. The molecular weight excluding hydrogens is 535 g/mol. The van der Waals surface area contributed by atoms with E-state index in [4.69, 9.17) is 14.5 Å². The van der Waals surface area contributed by atoms with Gasteiger partial charge in [-0.3, -0.25) is 9.89 Å². The van der Waals surface area contributed by atoms with Gasteiger partial charge >= 0.3 is 0 Å². The molecule has 1 N–H and O–H groups in total. The standard InChI is InChI=1S/C29H35FN4O5S/c1-19(2)16-38-24-14-21(13-22(30)15-24)26-6-5-25(27(35)18-40(36,37)28-7-10-31-33-28)29(32-26)34-11-8-23(9-12-34)39-17-20-3-4-20/h5-7,10,13-15,19-20,23H,3-4,8-9,11-12,16-18H2,1-2H3,(H,31,33). The van der Waals surface area contributed by atoms with E-state index in [2.05, 4.69) is 10.2 Å². The van der Waals surface area contributed by atoms with Crippen LogP contribution in [0.5, 0.6) is 5.75 Å². The summed E-state index contributed by atoms with van der Waals surface area (Å²) in [5, 5.41) is 6.00. The minimum absolute atomic E-state index is 0.116. The molecule has 2 aliphatic rings. The molecule has 0 unspecified atom stereocenters. The number of piperidine rings is 1. The Labute approximate surface area is 234 Å². The largest absolute Gasteiger partial charge is 0.493 e. The Morgan fingerprint density at radius 3 is 2.58 bits per heavy atom. The van der Waals surface area contributed by atoms with Crippen molar-refractivity contribution in [3.63, 3.8) is 0 Å². The lowest BCUT2D eigenvalue weighted by molar-refractivity contribution is 0.0304. The fourth-order valence-corrected chi connectivity index (χ4v) is 5.78. The molecule has 0 spiro atoms. The Balaban J connectivity index is 1.43. The molecule has 1 saturated heterocycles. The summed E-state index contributed by atoms with van der Waals surface area (Å²) in [6.07, 6.45) is 5.47. The summed E-state index contributed by atoms with van der Waals surface area (Å²) in [5.74, 6) is -0.0236. The number of hydrogen-bond donors (Lipinski definition) is 1. The summed E-state index contributed by atoms with van der Waals surface area (Å²) >= 11 is 0. The van der Waals surface area contributed by atoms with E-state index in [9.17, 15) is 17.6 Å². The lowest BCUT2D eigenvalue weighted by Crippen LogP contribution is -2.38. The van der Waals surface area contributed by atoms with Gasteiger partial charge in [-0.2, -0.15) is 5.10 Å². The SMILES string of the molecule is CC(C)COc1cc(F)cc(-c2ccc(C(=O)CS(=O)(=O)c3ccn[nH]3)c(N3CCC(OCC4CC4)CC3)n2)c1. The highest BCUT2D eigenvalue weighted by molar-refractivity contribution is 7.92. The molecule has 5 rings (SSSR count). The molecule has 0 radical (unpaired) electrons. The summed E-state index contributed by atoms with van der Waals surface area (Å²) in [4.78, 5) is 20.2. The van der Waals surface area contributed by atoms with Crippen molar-refractivity contribution in [3.05, 3.63) is 54.0 Å². The van der Waals surface area contributed by atoms with Crippen molar-refractivity contribution in [1.29, 1.82) is 0 Å². The summed E-state index contributed by atoms with van der Waals surface area (Å²) in [6, 6.07) is 8.94. The molecule has 11 heteroatoms. The zero-order chi connectivity index (χ0) is 28.3. The van der Waals surface area contributed by atoms with Gasteiger partial charge < -0.3 is 14.4 Å². The Kier molecular flexibility index (Phi) is 8.51. The number of hydrogen-bond acceptors (Lipinski definition) is 8. The lowest BCUT2D eigenvalue weighted by Gasteiger charge is -2.34. The van der Waals surface area contributed by atoms with Crippen LogP contribution >= 0.6 is 0 Å². The fraction of sp³-hybridized carbons (Fsp3) is 0.483. The number of sulfone groups is 1. The number of carbonyl (C=O) groups is 1. The first-order valence-electron chi connectivity index (χ1n) is 13.7. The van der Waals surface area contributed by atoms with Gasteiger partial charge in [0, 0.05) is 31.3 Å². The van der Waals surface area contributed by atoms with E-state index in [0.717, 1.165) is 19.4 Å². The van der Waals surface area contributed by atoms with Crippen LogP contribution in [0.15, 0.2) is 47.6 Å². The number of benzene rings is 1. The van der Waals surface area contributed by atoms with E-state index in [1.807, 2.05) is 18.7 Å². The summed E-state index contributed by atoms with van der Waals surface area (Å²) in [5.41, 5.74) is 1.17. The third-order valence-corrected chi connectivity index (χ3v) is 8.60. The molecule has 2 fully saturated rings. The number of Topliss-reactive ketones (excluding diaryl/α,β-unsaturated/α-hetero) is 1. The summed E-state index contributed by atoms with van der Waals surface area (Å²) < 4.78 is 52.0. The van der Waals surface area contributed by atoms with Crippen LogP contribution in [0.2, 0.25) is 0 Å². The number of ether oxygens (including phenoxy) is 2. The van der Waals surface area contributed by atoms with Gasteiger partial charge in [0.05, 0.1) is 30.2 Å². The van der Waals surface area contributed by atoms with Gasteiger partial charge in [0.2, 0.25) is 9.84 Å². The number of nitrogens with one attached hydrogen (secondary N) is 1. The Bertz CT molecular complexity index is 1430. The van der Waals surface area contributed by atoms with Crippen LogP contribution in [-0.4, -0.2) is 67.5 Å². The number of nitrogens with zero attached hydrogens (tertiary/aromatic N) is 3. The fourth-order valence-electron chi connectivity index (χ4n) is 4.66. The van der Waals surface area contributed by atoms with Crippen LogP contribution in [0.1, 0.15) is 49.9 Å². The van der Waals surface area contributed by atoms with Crippen LogP contribution < -0.4 is 9.64 Å². The number of carbonyl (C=O) groups excluding carboxylic acids is 1. The molecule has 2 aromatic heterocycles. The second-order valence-corrected chi connectivity index (χ2v) is 13.0. The predicted molar refractivity (Wildman–Crippen MR) is 149 cm³/mol. The van der Waals surface area contributed by atoms with Crippen LogP contribution in [0.25, 0.3) is 11.3 Å². The lowest BCUT2D eigenvalue weighted by atomic mass is 10.0. The molecule has 1 saturated carbocycles. The normalized spacial score (nSPS) is 16.4. The van der Waals surface area contributed by atoms with Crippen LogP contribution in [0, 0.1) is 17.7 Å². The van der Waals surface area contributed by atoms with Crippen LogP contribution in [0.4, 0.5) is 10.2 Å². The monoisotopic (exact) mass is 570 g/mol. The molecule has 40 heavy (non-hydrogen) atoms. The molecular formula is C29H35FN4O5S. The molecule has 9 nitrogen and oxygen atoms in total. The van der Waals surface area contributed by atoms with Gasteiger partial charge in [-0.15, -0.1) is 0 Å².